The molecule has 1 aromatic heterocycles. The fourth-order valence-corrected chi connectivity index (χ4v) is 1.93. The van der Waals surface area contributed by atoms with Gasteiger partial charge in [-0.25, -0.2) is 4.68 Å². The minimum Gasteiger partial charge on any atom is -0.497 e. The molecule has 0 spiro atoms. The molecule has 5 nitrogen and oxygen atoms in total. The number of ether oxygens (including phenoxy) is 1. The number of benzene rings is 1. The van der Waals surface area contributed by atoms with Gasteiger partial charge in [0.1, 0.15) is 23.2 Å². The van der Waals surface area contributed by atoms with E-state index in [9.17, 15) is 0 Å². The zero-order chi connectivity index (χ0) is 13.8. The molecular formula is C14H16N4O. The summed E-state index contributed by atoms with van der Waals surface area (Å²) in [5, 5.41) is 13.6. The van der Waals surface area contributed by atoms with Gasteiger partial charge in [-0.2, -0.15) is 10.4 Å². The summed E-state index contributed by atoms with van der Waals surface area (Å²) in [5.74, 6) is 1.15. The Morgan fingerprint density at radius 2 is 2.05 bits per heavy atom. The third-order valence-corrected chi connectivity index (χ3v) is 2.91. The number of nitriles is 1. The van der Waals surface area contributed by atoms with E-state index in [1.54, 1.807) is 11.8 Å². The van der Waals surface area contributed by atoms with Gasteiger partial charge in [0, 0.05) is 0 Å². The maximum Gasteiger partial charge on any atom is 0.145 e. The van der Waals surface area contributed by atoms with Crippen LogP contribution >= 0.6 is 0 Å². The number of methoxy groups -OCH3 is 1. The molecule has 0 atom stereocenters. The maximum absolute atomic E-state index is 9.16. The molecule has 19 heavy (non-hydrogen) atoms. The van der Waals surface area contributed by atoms with Gasteiger partial charge >= 0.3 is 0 Å². The normalized spacial score (nSPS) is 10.2. The highest BCUT2D eigenvalue weighted by Crippen LogP contribution is 2.22. The van der Waals surface area contributed by atoms with Crippen molar-refractivity contribution in [1.82, 2.24) is 9.78 Å². The van der Waals surface area contributed by atoms with Crippen molar-refractivity contribution in [3.8, 4) is 17.5 Å². The van der Waals surface area contributed by atoms with Gasteiger partial charge in [0.15, 0.2) is 0 Å². The largest absolute Gasteiger partial charge is 0.497 e. The van der Waals surface area contributed by atoms with Crippen molar-refractivity contribution in [3.63, 3.8) is 0 Å². The fraction of sp³-hybridized carbons (Fsp3) is 0.286. The molecule has 0 saturated heterocycles. The molecule has 0 aliphatic rings. The molecule has 5 heteroatoms. The Bertz CT molecular complexity index is 608. The minimum atomic E-state index is 0.385. The second-order valence-electron chi connectivity index (χ2n) is 4.18. The van der Waals surface area contributed by atoms with E-state index in [0.717, 1.165) is 30.0 Å². The quantitative estimate of drug-likeness (QED) is 0.910. The SMILES string of the molecule is CCCc1nn(-c2ccc(OC)cc2)c(N)c1C#N. The van der Waals surface area contributed by atoms with Gasteiger partial charge in [-0.3, -0.25) is 0 Å². The number of anilines is 1. The second kappa shape index (κ2) is 5.44. The van der Waals surface area contributed by atoms with E-state index in [2.05, 4.69) is 11.2 Å². The molecule has 0 unspecified atom stereocenters. The van der Waals surface area contributed by atoms with Gasteiger partial charge in [-0.15, -0.1) is 0 Å². The van der Waals surface area contributed by atoms with E-state index < -0.39 is 0 Å². The lowest BCUT2D eigenvalue weighted by Crippen LogP contribution is -2.02. The first-order valence-corrected chi connectivity index (χ1v) is 6.13. The van der Waals surface area contributed by atoms with Crippen molar-refractivity contribution >= 4 is 5.82 Å². The minimum absolute atomic E-state index is 0.385. The summed E-state index contributed by atoms with van der Waals surface area (Å²) in [7, 11) is 1.62. The first kappa shape index (κ1) is 13.0. The van der Waals surface area contributed by atoms with Crippen LogP contribution in [0.3, 0.4) is 0 Å². The molecule has 0 amide bonds. The number of nitrogens with two attached hydrogens (primary N) is 1. The van der Waals surface area contributed by atoms with Crippen molar-refractivity contribution in [2.75, 3.05) is 12.8 Å². The number of rotatable bonds is 4. The number of hydrogen-bond acceptors (Lipinski definition) is 4. The second-order valence-corrected chi connectivity index (χ2v) is 4.18. The molecule has 0 saturated carbocycles. The van der Waals surface area contributed by atoms with Crippen LogP contribution in [-0.2, 0) is 6.42 Å². The summed E-state index contributed by atoms with van der Waals surface area (Å²) >= 11 is 0. The van der Waals surface area contributed by atoms with E-state index in [1.807, 2.05) is 31.2 Å². The Hall–Kier alpha value is -2.48. The fourth-order valence-electron chi connectivity index (χ4n) is 1.93. The van der Waals surface area contributed by atoms with Crippen LogP contribution in [0.15, 0.2) is 24.3 Å². The summed E-state index contributed by atoms with van der Waals surface area (Å²) in [6, 6.07) is 9.52. The summed E-state index contributed by atoms with van der Waals surface area (Å²) in [6.45, 7) is 2.05. The maximum atomic E-state index is 9.16. The van der Waals surface area contributed by atoms with Gasteiger partial charge < -0.3 is 10.5 Å². The summed E-state index contributed by atoms with van der Waals surface area (Å²) in [5.41, 5.74) is 8.03. The topological polar surface area (TPSA) is 76.9 Å². The molecule has 1 heterocycles. The predicted octanol–water partition coefficient (Wildman–Crippen LogP) is 2.29. The monoisotopic (exact) mass is 256 g/mol. The van der Waals surface area contributed by atoms with E-state index in [4.69, 9.17) is 15.7 Å². The standard InChI is InChI=1S/C14H16N4O/c1-3-4-13-12(9-15)14(16)18(17-13)10-5-7-11(19-2)8-6-10/h5-8H,3-4,16H2,1-2H3. The highest BCUT2D eigenvalue weighted by atomic mass is 16.5. The van der Waals surface area contributed by atoms with Crippen LogP contribution in [-0.4, -0.2) is 16.9 Å². The number of aromatic nitrogens is 2. The van der Waals surface area contributed by atoms with E-state index >= 15 is 0 Å². The number of aryl methyl sites for hydroxylation is 1. The third-order valence-electron chi connectivity index (χ3n) is 2.91. The van der Waals surface area contributed by atoms with Crippen LogP contribution in [0.2, 0.25) is 0 Å². The van der Waals surface area contributed by atoms with Gasteiger partial charge in [0.05, 0.1) is 18.5 Å². The number of nitrogen functional groups attached to an aromatic ring is 1. The lowest BCUT2D eigenvalue weighted by Gasteiger charge is -2.05. The average Bonchev–Trinajstić information content (AvgIpc) is 2.75. The summed E-state index contributed by atoms with van der Waals surface area (Å²) < 4.78 is 6.71. The van der Waals surface area contributed by atoms with Crippen molar-refractivity contribution < 1.29 is 4.74 Å². The average molecular weight is 256 g/mol. The molecule has 2 N–H and O–H groups in total. The Morgan fingerprint density at radius 1 is 1.37 bits per heavy atom. The molecule has 2 rings (SSSR count). The van der Waals surface area contributed by atoms with Crippen molar-refractivity contribution in [1.29, 1.82) is 5.26 Å². The zero-order valence-corrected chi connectivity index (χ0v) is 11.1. The molecule has 0 aliphatic heterocycles. The molecule has 0 bridgehead atoms. The van der Waals surface area contributed by atoms with Crippen LogP contribution < -0.4 is 10.5 Å². The Labute approximate surface area is 112 Å². The molecule has 0 radical (unpaired) electrons. The van der Waals surface area contributed by atoms with Crippen molar-refractivity contribution in [3.05, 3.63) is 35.5 Å². The van der Waals surface area contributed by atoms with Gasteiger partial charge in [-0.1, -0.05) is 13.3 Å². The molecule has 0 fully saturated rings. The van der Waals surface area contributed by atoms with E-state index in [1.165, 1.54) is 0 Å². The number of hydrogen-bond donors (Lipinski definition) is 1. The third kappa shape index (κ3) is 2.38. The summed E-state index contributed by atoms with van der Waals surface area (Å²) in [4.78, 5) is 0. The number of nitrogens with zero attached hydrogens (tertiary/aromatic N) is 3. The Morgan fingerprint density at radius 3 is 2.58 bits per heavy atom. The van der Waals surface area contributed by atoms with Crippen LogP contribution in [0, 0.1) is 11.3 Å². The van der Waals surface area contributed by atoms with Crippen molar-refractivity contribution in [2.24, 2.45) is 0 Å². The first-order valence-electron chi connectivity index (χ1n) is 6.13. The van der Waals surface area contributed by atoms with Crippen LogP contribution in [0.5, 0.6) is 5.75 Å². The first-order chi connectivity index (χ1) is 9.21. The molecule has 1 aromatic carbocycles. The lowest BCUT2D eigenvalue weighted by atomic mass is 10.2. The van der Waals surface area contributed by atoms with Crippen LogP contribution in [0.25, 0.3) is 5.69 Å². The van der Waals surface area contributed by atoms with Gasteiger partial charge in [0.25, 0.3) is 0 Å². The Kier molecular flexibility index (Phi) is 3.71. The molecular weight excluding hydrogens is 240 g/mol. The zero-order valence-electron chi connectivity index (χ0n) is 11.1. The Balaban J connectivity index is 2.47. The lowest BCUT2D eigenvalue weighted by molar-refractivity contribution is 0.414. The van der Waals surface area contributed by atoms with Crippen LogP contribution in [0.1, 0.15) is 24.6 Å². The predicted molar refractivity (Wildman–Crippen MR) is 73.2 cm³/mol. The van der Waals surface area contributed by atoms with E-state index in [-0.39, 0.29) is 0 Å². The van der Waals surface area contributed by atoms with Gasteiger partial charge in [0.2, 0.25) is 0 Å². The van der Waals surface area contributed by atoms with Crippen molar-refractivity contribution in [2.45, 2.75) is 19.8 Å². The highest BCUT2D eigenvalue weighted by Gasteiger charge is 2.15. The summed E-state index contributed by atoms with van der Waals surface area (Å²) in [6.07, 6.45) is 1.67. The molecule has 0 aliphatic carbocycles. The van der Waals surface area contributed by atoms with Gasteiger partial charge in [-0.05, 0) is 30.7 Å². The molecule has 98 valence electrons. The van der Waals surface area contributed by atoms with E-state index in [0.29, 0.717) is 11.4 Å². The highest BCUT2D eigenvalue weighted by molar-refractivity contribution is 5.56. The van der Waals surface area contributed by atoms with Crippen LogP contribution in [0.4, 0.5) is 5.82 Å². The smallest absolute Gasteiger partial charge is 0.145 e. The molecule has 2 aromatic rings.